The highest BCUT2D eigenvalue weighted by molar-refractivity contribution is 6.27. The van der Waals surface area contributed by atoms with Gasteiger partial charge in [0.1, 0.15) is 5.88 Å². The third kappa shape index (κ3) is 1.67. The zero-order valence-corrected chi connectivity index (χ0v) is 8.29. The molecule has 74 valence electrons. The first-order valence-electron chi connectivity index (χ1n) is 4.78. The van der Waals surface area contributed by atoms with Gasteiger partial charge in [0.15, 0.2) is 0 Å². The molecule has 2 aliphatic heterocycles. The number of hydrogen-bond acceptors (Lipinski definition) is 2. The number of carbonyl (C=O) groups is 1. The predicted octanol–water partition coefficient (Wildman–Crippen LogP) is 1.01. The number of nitrogens with zero attached hydrogens (tertiary/aromatic N) is 1. The second kappa shape index (κ2) is 3.84. The Labute approximate surface area is 83.0 Å². The number of halogens is 1. The van der Waals surface area contributed by atoms with Gasteiger partial charge in [0.2, 0.25) is 5.91 Å². The maximum atomic E-state index is 11.5. The summed E-state index contributed by atoms with van der Waals surface area (Å²) in [6.07, 6.45) is 3.35. The molecule has 2 saturated heterocycles. The van der Waals surface area contributed by atoms with Crippen molar-refractivity contribution in [1.29, 1.82) is 0 Å². The van der Waals surface area contributed by atoms with Crippen LogP contribution in [0.1, 0.15) is 19.3 Å². The largest absolute Gasteiger partial charge is 0.377 e. The number of alkyl halides is 1. The molecule has 0 saturated carbocycles. The Morgan fingerprint density at radius 1 is 1.38 bits per heavy atom. The molecule has 2 bridgehead atoms. The Kier molecular flexibility index (Phi) is 2.74. The van der Waals surface area contributed by atoms with Crippen molar-refractivity contribution in [1.82, 2.24) is 4.90 Å². The lowest BCUT2D eigenvalue weighted by atomic mass is 9.94. The third-order valence-electron chi connectivity index (χ3n) is 2.88. The normalized spacial score (nSPS) is 33.2. The van der Waals surface area contributed by atoms with E-state index >= 15 is 0 Å². The monoisotopic (exact) mass is 203 g/mol. The van der Waals surface area contributed by atoms with Gasteiger partial charge in [-0.15, -0.1) is 11.6 Å². The first kappa shape index (κ1) is 9.28. The summed E-state index contributed by atoms with van der Waals surface area (Å²) in [5.74, 6) is 0.173. The number of piperidine rings is 1. The molecule has 0 aromatic heterocycles. The van der Waals surface area contributed by atoms with Crippen LogP contribution in [-0.2, 0) is 9.53 Å². The van der Waals surface area contributed by atoms with Crippen LogP contribution in [0.4, 0.5) is 0 Å². The molecule has 2 atom stereocenters. The molecule has 3 nitrogen and oxygen atoms in total. The molecule has 1 amide bonds. The number of rotatable bonds is 1. The summed E-state index contributed by atoms with van der Waals surface area (Å²) in [7, 11) is 0. The Morgan fingerprint density at radius 2 is 2.00 bits per heavy atom. The van der Waals surface area contributed by atoms with Crippen molar-refractivity contribution in [3.05, 3.63) is 0 Å². The summed E-state index contributed by atoms with van der Waals surface area (Å²) in [6.45, 7) is 1.39. The van der Waals surface area contributed by atoms with E-state index in [1.807, 2.05) is 4.90 Å². The van der Waals surface area contributed by atoms with Gasteiger partial charge in [-0.25, -0.2) is 0 Å². The van der Waals surface area contributed by atoms with Gasteiger partial charge in [-0.05, 0) is 19.3 Å². The van der Waals surface area contributed by atoms with Crippen molar-refractivity contribution in [3.63, 3.8) is 0 Å². The van der Waals surface area contributed by atoms with Gasteiger partial charge in [-0.1, -0.05) is 0 Å². The van der Waals surface area contributed by atoms with E-state index in [0.29, 0.717) is 25.3 Å². The summed E-state index contributed by atoms with van der Waals surface area (Å²) in [6, 6.07) is 0.581. The van der Waals surface area contributed by atoms with E-state index in [9.17, 15) is 4.79 Å². The van der Waals surface area contributed by atoms with Gasteiger partial charge < -0.3 is 9.64 Å². The highest BCUT2D eigenvalue weighted by Crippen LogP contribution is 2.27. The van der Waals surface area contributed by atoms with E-state index < -0.39 is 0 Å². The van der Waals surface area contributed by atoms with Gasteiger partial charge in [0.25, 0.3) is 0 Å². The van der Waals surface area contributed by atoms with E-state index in [0.717, 1.165) is 12.8 Å². The number of amides is 1. The van der Waals surface area contributed by atoms with Crippen LogP contribution in [0, 0.1) is 0 Å². The number of carbonyl (C=O) groups excluding carboxylic acids is 1. The average molecular weight is 204 g/mol. The molecule has 2 fully saturated rings. The fourth-order valence-corrected chi connectivity index (χ4v) is 2.45. The van der Waals surface area contributed by atoms with Gasteiger partial charge in [-0.3, -0.25) is 4.79 Å². The van der Waals surface area contributed by atoms with Crippen molar-refractivity contribution >= 4 is 17.5 Å². The highest BCUT2D eigenvalue weighted by Gasteiger charge is 2.36. The molecule has 0 aromatic carbocycles. The van der Waals surface area contributed by atoms with Gasteiger partial charge in [0.05, 0.1) is 25.3 Å². The molecular formula is C9H14ClNO2. The van der Waals surface area contributed by atoms with Crippen LogP contribution in [0.2, 0.25) is 0 Å². The Hall–Kier alpha value is -0.280. The number of ether oxygens (including phenoxy) is 1. The standard InChI is InChI=1S/C9H14ClNO2/c10-4-9(12)11-7-2-1-3-8(11)6-13-5-7/h7-8H,1-6H2. The summed E-state index contributed by atoms with van der Waals surface area (Å²) in [5.41, 5.74) is 0. The first-order chi connectivity index (χ1) is 6.33. The van der Waals surface area contributed by atoms with Gasteiger partial charge >= 0.3 is 0 Å². The SMILES string of the molecule is O=C(CCl)N1C2CCCC1COC2. The van der Waals surface area contributed by atoms with E-state index in [4.69, 9.17) is 16.3 Å². The Morgan fingerprint density at radius 3 is 2.54 bits per heavy atom. The molecule has 2 unspecified atom stereocenters. The van der Waals surface area contributed by atoms with Crippen molar-refractivity contribution in [2.75, 3.05) is 19.1 Å². The predicted molar refractivity (Wildman–Crippen MR) is 49.8 cm³/mol. The fourth-order valence-electron chi connectivity index (χ4n) is 2.31. The van der Waals surface area contributed by atoms with Gasteiger partial charge in [0, 0.05) is 0 Å². The van der Waals surface area contributed by atoms with Crippen LogP contribution in [0.25, 0.3) is 0 Å². The quantitative estimate of drug-likeness (QED) is 0.596. The Bertz CT molecular complexity index is 188. The minimum Gasteiger partial charge on any atom is -0.377 e. The van der Waals surface area contributed by atoms with Crippen LogP contribution in [0.15, 0.2) is 0 Å². The summed E-state index contributed by atoms with van der Waals surface area (Å²) >= 11 is 5.56. The smallest absolute Gasteiger partial charge is 0.238 e. The van der Waals surface area contributed by atoms with Crippen molar-refractivity contribution in [2.24, 2.45) is 0 Å². The lowest BCUT2D eigenvalue weighted by Gasteiger charge is -2.45. The molecule has 0 N–H and O–H groups in total. The fraction of sp³-hybridized carbons (Fsp3) is 0.889. The summed E-state index contributed by atoms with van der Waals surface area (Å²) in [5, 5.41) is 0. The molecule has 0 spiro atoms. The van der Waals surface area contributed by atoms with E-state index in [1.54, 1.807) is 0 Å². The molecule has 2 rings (SSSR count). The third-order valence-corrected chi connectivity index (χ3v) is 3.11. The molecule has 13 heavy (non-hydrogen) atoms. The van der Waals surface area contributed by atoms with Crippen molar-refractivity contribution in [3.8, 4) is 0 Å². The van der Waals surface area contributed by atoms with Gasteiger partial charge in [-0.2, -0.15) is 0 Å². The van der Waals surface area contributed by atoms with Crippen molar-refractivity contribution < 1.29 is 9.53 Å². The minimum absolute atomic E-state index is 0.0691. The number of fused-ring (bicyclic) bond motifs is 2. The zero-order valence-electron chi connectivity index (χ0n) is 7.54. The molecule has 0 radical (unpaired) electrons. The molecular weight excluding hydrogens is 190 g/mol. The maximum absolute atomic E-state index is 11.5. The lowest BCUT2D eigenvalue weighted by molar-refractivity contribution is -0.147. The summed E-state index contributed by atoms with van der Waals surface area (Å²) in [4.78, 5) is 13.5. The Balaban J connectivity index is 2.10. The number of morpholine rings is 1. The highest BCUT2D eigenvalue weighted by atomic mass is 35.5. The topological polar surface area (TPSA) is 29.5 Å². The van der Waals surface area contributed by atoms with Crippen LogP contribution < -0.4 is 0 Å². The molecule has 2 aliphatic rings. The van der Waals surface area contributed by atoms with Crippen LogP contribution in [0.3, 0.4) is 0 Å². The first-order valence-corrected chi connectivity index (χ1v) is 5.31. The summed E-state index contributed by atoms with van der Waals surface area (Å²) < 4.78 is 5.42. The van der Waals surface area contributed by atoms with Crippen LogP contribution in [0.5, 0.6) is 0 Å². The van der Waals surface area contributed by atoms with E-state index in [1.165, 1.54) is 6.42 Å². The maximum Gasteiger partial charge on any atom is 0.238 e. The molecule has 2 heterocycles. The second-order valence-corrected chi connectivity index (χ2v) is 3.98. The van der Waals surface area contributed by atoms with E-state index in [2.05, 4.69) is 0 Å². The minimum atomic E-state index is 0.0691. The molecule has 0 aliphatic carbocycles. The number of hydrogen-bond donors (Lipinski definition) is 0. The van der Waals surface area contributed by atoms with Crippen molar-refractivity contribution in [2.45, 2.75) is 31.3 Å². The van der Waals surface area contributed by atoms with Crippen LogP contribution in [-0.4, -0.2) is 42.0 Å². The molecule has 0 aromatic rings. The molecule has 4 heteroatoms. The van der Waals surface area contributed by atoms with Crippen LogP contribution >= 0.6 is 11.6 Å². The lowest BCUT2D eigenvalue weighted by Crippen LogP contribution is -2.57. The second-order valence-electron chi connectivity index (χ2n) is 3.71. The zero-order chi connectivity index (χ0) is 9.26. The average Bonchev–Trinajstić information content (AvgIpc) is 2.15. The van der Waals surface area contributed by atoms with E-state index in [-0.39, 0.29) is 11.8 Å².